The second kappa shape index (κ2) is 3.21. The molecule has 0 aromatic carbocycles. The summed E-state index contributed by atoms with van der Waals surface area (Å²) < 4.78 is 5.50. The van der Waals surface area contributed by atoms with Crippen LogP contribution in [0.5, 0.6) is 0 Å². The van der Waals surface area contributed by atoms with Gasteiger partial charge in [-0.05, 0) is 25.5 Å². The number of furan rings is 1. The summed E-state index contributed by atoms with van der Waals surface area (Å²) >= 11 is 0. The van der Waals surface area contributed by atoms with Gasteiger partial charge in [-0.3, -0.25) is 5.10 Å². The van der Waals surface area contributed by atoms with Crippen molar-refractivity contribution in [2.45, 2.75) is 20.3 Å². The molecule has 0 saturated heterocycles. The van der Waals surface area contributed by atoms with Crippen molar-refractivity contribution in [2.24, 2.45) is 0 Å². The predicted octanol–water partition coefficient (Wildman–Crippen LogP) is 2.12. The molecule has 74 valence electrons. The molecule has 0 saturated carbocycles. The Morgan fingerprint density at radius 3 is 2.86 bits per heavy atom. The molecule has 0 amide bonds. The third-order valence-electron chi connectivity index (χ3n) is 2.24. The zero-order valence-electron chi connectivity index (χ0n) is 8.29. The molecule has 0 atom stereocenters. The second-order valence-electron chi connectivity index (χ2n) is 3.23. The number of aromatic nitrogens is 2. The number of nitrogens with two attached hydrogens (primary N) is 1. The first-order valence-corrected chi connectivity index (χ1v) is 4.62. The standard InChI is InChI=1S/C10H13N3O/c1-3-7-9(12-13-10(7)11)8-5-4-6(2)14-8/h4-5H,3H2,1-2H3,(H3,11,12,13). The molecular formula is C10H13N3O. The maximum absolute atomic E-state index is 5.71. The van der Waals surface area contributed by atoms with E-state index in [-0.39, 0.29) is 0 Å². The SMILES string of the molecule is CCc1c(N)n[nH]c1-c1ccc(C)o1. The molecule has 4 nitrogen and oxygen atoms in total. The monoisotopic (exact) mass is 191 g/mol. The first-order chi connectivity index (χ1) is 6.72. The number of aromatic amines is 1. The Hall–Kier alpha value is -1.71. The highest BCUT2D eigenvalue weighted by Crippen LogP contribution is 2.26. The van der Waals surface area contributed by atoms with Crippen molar-refractivity contribution in [3.05, 3.63) is 23.5 Å². The van der Waals surface area contributed by atoms with Gasteiger partial charge in [0.05, 0.1) is 0 Å². The molecule has 0 unspecified atom stereocenters. The quantitative estimate of drug-likeness (QED) is 0.764. The number of nitrogen functional groups attached to an aromatic ring is 1. The molecule has 0 radical (unpaired) electrons. The van der Waals surface area contributed by atoms with E-state index in [1.165, 1.54) is 0 Å². The van der Waals surface area contributed by atoms with Crippen LogP contribution < -0.4 is 5.73 Å². The van der Waals surface area contributed by atoms with Crippen molar-refractivity contribution < 1.29 is 4.42 Å². The van der Waals surface area contributed by atoms with Crippen molar-refractivity contribution >= 4 is 5.82 Å². The smallest absolute Gasteiger partial charge is 0.152 e. The molecule has 0 spiro atoms. The second-order valence-corrected chi connectivity index (χ2v) is 3.23. The maximum Gasteiger partial charge on any atom is 0.152 e. The van der Waals surface area contributed by atoms with E-state index >= 15 is 0 Å². The lowest BCUT2D eigenvalue weighted by Crippen LogP contribution is -1.90. The van der Waals surface area contributed by atoms with Crippen LogP contribution in [-0.4, -0.2) is 10.2 Å². The number of hydrogen-bond acceptors (Lipinski definition) is 3. The van der Waals surface area contributed by atoms with Gasteiger partial charge in [0.2, 0.25) is 0 Å². The predicted molar refractivity (Wildman–Crippen MR) is 54.8 cm³/mol. The Labute approximate surface area is 82.1 Å². The van der Waals surface area contributed by atoms with Crippen LogP contribution in [0.15, 0.2) is 16.5 Å². The minimum Gasteiger partial charge on any atom is -0.460 e. The van der Waals surface area contributed by atoms with Crippen LogP contribution in [0.3, 0.4) is 0 Å². The van der Waals surface area contributed by atoms with E-state index in [0.717, 1.165) is 29.2 Å². The van der Waals surface area contributed by atoms with Crippen LogP contribution >= 0.6 is 0 Å². The van der Waals surface area contributed by atoms with Crippen LogP contribution in [0.1, 0.15) is 18.2 Å². The lowest BCUT2D eigenvalue weighted by Gasteiger charge is -1.96. The summed E-state index contributed by atoms with van der Waals surface area (Å²) in [4.78, 5) is 0. The highest BCUT2D eigenvalue weighted by molar-refractivity contribution is 5.63. The largest absolute Gasteiger partial charge is 0.460 e. The first kappa shape index (κ1) is 8.87. The summed E-state index contributed by atoms with van der Waals surface area (Å²) in [6, 6.07) is 3.84. The van der Waals surface area contributed by atoms with Gasteiger partial charge in [-0.15, -0.1) is 0 Å². The van der Waals surface area contributed by atoms with Gasteiger partial charge < -0.3 is 10.2 Å². The first-order valence-electron chi connectivity index (χ1n) is 4.62. The van der Waals surface area contributed by atoms with Crippen LogP contribution in [0.25, 0.3) is 11.5 Å². The highest BCUT2D eigenvalue weighted by atomic mass is 16.3. The summed E-state index contributed by atoms with van der Waals surface area (Å²) in [5, 5.41) is 6.85. The Bertz CT molecular complexity index is 442. The fourth-order valence-corrected chi connectivity index (χ4v) is 1.51. The van der Waals surface area contributed by atoms with Gasteiger partial charge in [0.15, 0.2) is 5.76 Å². The van der Waals surface area contributed by atoms with Gasteiger partial charge in [0, 0.05) is 5.56 Å². The van der Waals surface area contributed by atoms with E-state index in [2.05, 4.69) is 10.2 Å². The third kappa shape index (κ3) is 1.28. The van der Waals surface area contributed by atoms with Gasteiger partial charge in [-0.1, -0.05) is 6.92 Å². The van der Waals surface area contributed by atoms with Gasteiger partial charge in [0.1, 0.15) is 17.3 Å². The van der Waals surface area contributed by atoms with E-state index in [9.17, 15) is 0 Å². The van der Waals surface area contributed by atoms with Crippen LogP contribution in [0.4, 0.5) is 5.82 Å². The molecule has 0 bridgehead atoms. The number of anilines is 1. The number of nitrogens with one attached hydrogen (secondary N) is 1. The fraction of sp³-hybridized carbons (Fsp3) is 0.300. The molecule has 4 heteroatoms. The van der Waals surface area contributed by atoms with Crippen LogP contribution in [-0.2, 0) is 6.42 Å². The van der Waals surface area contributed by atoms with Crippen LogP contribution in [0.2, 0.25) is 0 Å². The molecule has 0 aliphatic heterocycles. The summed E-state index contributed by atoms with van der Waals surface area (Å²) in [6.07, 6.45) is 0.845. The summed E-state index contributed by atoms with van der Waals surface area (Å²) in [6.45, 7) is 3.95. The molecule has 2 aromatic rings. The summed E-state index contributed by atoms with van der Waals surface area (Å²) in [5.41, 5.74) is 7.61. The lowest BCUT2D eigenvalue weighted by atomic mass is 10.1. The van der Waals surface area contributed by atoms with Gasteiger partial charge >= 0.3 is 0 Å². The van der Waals surface area contributed by atoms with E-state index < -0.39 is 0 Å². The van der Waals surface area contributed by atoms with Crippen molar-refractivity contribution in [2.75, 3.05) is 5.73 Å². The van der Waals surface area contributed by atoms with Crippen molar-refractivity contribution in [3.63, 3.8) is 0 Å². The Kier molecular flexibility index (Phi) is 2.04. The fourth-order valence-electron chi connectivity index (χ4n) is 1.51. The number of aryl methyl sites for hydroxylation is 1. The van der Waals surface area contributed by atoms with Gasteiger partial charge in [0.25, 0.3) is 0 Å². The molecule has 2 aromatic heterocycles. The van der Waals surface area contributed by atoms with Crippen LogP contribution in [0, 0.1) is 6.92 Å². The Morgan fingerprint density at radius 1 is 1.50 bits per heavy atom. The molecule has 3 N–H and O–H groups in total. The molecule has 0 aliphatic rings. The average Bonchev–Trinajstić information content (AvgIpc) is 2.71. The minimum absolute atomic E-state index is 0.552. The molecule has 2 rings (SSSR count). The summed E-state index contributed by atoms with van der Waals surface area (Å²) in [7, 11) is 0. The molecule has 0 fully saturated rings. The van der Waals surface area contributed by atoms with Crippen molar-refractivity contribution in [1.82, 2.24) is 10.2 Å². The molecule has 14 heavy (non-hydrogen) atoms. The van der Waals surface area contributed by atoms with E-state index in [4.69, 9.17) is 10.2 Å². The van der Waals surface area contributed by atoms with E-state index in [1.807, 2.05) is 26.0 Å². The Morgan fingerprint density at radius 2 is 2.29 bits per heavy atom. The van der Waals surface area contributed by atoms with E-state index in [1.54, 1.807) is 0 Å². The molecule has 2 heterocycles. The highest BCUT2D eigenvalue weighted by Gasteiger charge is 2.13. The average molecular weight is 191 g/mol. The van der Waals surface area contributed by atoms with Crippen molar-refractivity contribution in [3.8, 4) is 11.5 Å². The normalized spacial score (nSPS) is 10.7. The van der Waals surface area contributed by atoms with Gasteiger partial charge in [-0.2, -0.15) is 5.10 Å². The zero-order chi connectivity index (χ0) is 10.1. The summed E-state index contributed by atoms with van der Waals surface area (Å²) in [5.74, 6) is 2.23. The maximum atomic E-state index is 5.71. The molecular weight excluding hydrogens is 178 g/mol. The lowest BCUT2D eigenvalue weighted by molar-refractivity contribution is 0.545. The van der Waals surface area contributed by atoms with E-state index in [0.29, 0.717) is 5.82 Å². The zero-order valence-corrected chi connectivity index (χ0v) is 8.29. The van der Waals surface area contributed by atoms with Gasteiger partial charge in [-0.25, -0.2) is 0 Å². The number of hydrogen-bond donors (Lipinski definition) is 2. The number of H-pyrrole nitrogens is 1. The van der Waals surface area contributed by atoms with Crippen molar-refractivity contribution in [1.29, 1.82) is 0 Å². The minimum atomic E-state index is 0.552. The molecule has 0 aliphatic carbocycles. The topological polar surface area (TPSA) is 67.8 Å². The number of nitrogens with zero attached hydrogens (tertiary/aromatic N) is 1. The third-order valence-corrected chi connectivity index (χ3v) is 2.24. The Balaban J connectivity index is 2.51. The number of rotatable bonds is 2.